The molecule has 6 nitrogen and oxygen atoms in total. The lowest BCUT2D eigenvalue weighted by Gasteiger charge is -2.51. The second kappa shape index (κ2) is 6.97. The Morgan fingerprint density at radius 1 is 1.36 bits per heavy atom. The van der Waals surface area contributed by atoms with Crippen molar-refractivity contribution >= 4 is 5.91 Å². The first-order valence-corrected chi connectivity index (χ1v) is 9.13. The highest BCUT2D eigenvalue weighted by Crippen LogP contribution is 2.33. The molecule has 0 aromatic carbocycles. The molecule has 1 aromatic rings. The number of carbonyl (C=O) groups excluding carboxylic acids is 1. The number of morpholine rings is 1. The highest BCUT2D eigenvalue weighted by molar-refractivity contribution is 5.78. The van der Waals surface area contributed by atoms with Crippen LogP contribution in [0.2, 0.25) is 0 Å². The van der Waals surface area contributed by atoms with Gasteiger partial charge in [0.1, 0.15) is 12.1 Å². The van der Waals surface area contributed by atoms with Crippen molar-refractivity contribution in [1.82, 2.24) is 20.1 Å². The van der Waals surface area contributed by atoms with Crippen LogP contribution >= 0.6 is 0 Å². The number of nitrogens with one attached hydrogen (secondary N) is 1. The fourth-order valence-corrected chi connectivity index (χ4v) is 4.42. The summed E-state index contributed by atoms with van der Waals surface area (Å²) in [6.45, 7) is 1.46. The van der Waals surface area contributed by atoms with Crippen molar-refractivity contribution in [3.63, 3.8) is 0 Å². The van der Waals surface area contributed by atoms with Crippen molar-refractivity contribution in [3.05, 3.63) is 29.8 Å². The molecule has 3 aliphatic rings. The van der Waals surface area contributed by atoms with Gasteiger partial charge in [-0.1, -0.05) is 12.8 Å². The standard InChI is InChI=1S/C18H25FN4O2/c1-22-17(24)10-14(12-6-7-20-11-13(12)19)21-18(22)23-8-9-25-16-5-3-2-4-15(16)23/h6-7,11,14-16,18,21H,2-5,8-10H2,1H3/t14?,15-,16-,18?/m1/s1. The summed E-state index contributed by atoms with van der Waals surface area (Å²) in [5, 5.41) is 3.50. The minimum atomic E-state index is -0.367. The third-order valence-electron chi connectivity index (χ3n) is 5.76. The van der Waals surface area contributed by atoms with Crippen molar-refractivity contribution in [2.24, 2.45) is 0 Å². The topological polar surface area (TPSA) is 57.7 Å². The number of hydrogen-bond donors (Lipinski definition) is 1. The molecule has 3 heterocycles. The first-order valence-electron chi connectivity index (χ1n) is 9.13. The van der Waals surface area contributed by atoms with E-state index in [1.165, 1.54) is 19.0 Å². The Hall–Kier alpha value is -1.57. The average Bonchev–Trinajstić information content (AvgIpc) is 2.64. The molecule has 4 rings (SSSR count). The zero-order valence-corrected chi connectivity index (χ0v) is 14.5. The van der Waals surface area contributed by atoms with Gasteiger partial charge in [-0.2, -0.15) is 0 Å². The van der Waals surface area contributed by atoms with Crippen LogP contribution in [0.4, 0.5) is 4.39 Å². The van der Waals surface area contributed by atoms with Crippen molar-refractivity contribution in [2.45, 2.75) is 56.6 Å². The van der Waals surface area contributed by atoms with E-state index < -0.39 is 0 Å². The van der Waals surface area contributed by atoms with Gasteiger partial charge in [-0.3, -0.25) is 20.0 Å². The maximum atomic E-state index is 14.2. The van der Waals surface area contributed by atoms with Crippen LogP contribution in [-0.4, -0.2) is 59.3 Å². The highest BCUT2D eigenvalue weighted by atomic mass is 19.1. The summed E-state index contributed by atoms with van der Waals surface area (Å²) >= 11 is 0. The van der Waals surface area contributed by atoms with Crippen LogP contribution in [0.3, 0.4) is 0 Å². The van der Waals surface area contributed by atoms with Crippen LogP contribution in [0.5, 0.6) is 0 Å². The van der Waals surface area contributed by atoms with Gasteiger partial charge in [-0.05, 0) is 18.9 Å². The average molecular weight is 348 g/mol. The second-order valence-electron chi connectivity index (χ2n) is 7.20. The Morgan fingerprint density at radius 3 is 3.04 bits per heavy atom. The number of rotatable bonds is 2. The molecule has 2 saturated heterocycles. The van der Waals surface area contributed by atoms with Gasteiger partial charge in [-0.15, -0.1) is 0 Å². The number of fused-ring (bicyclic) bond motifs is 1. The van der Waals surface area contributed by atoms with E-state index in [1.807, 2.05) is 7.05 Å². The number of pyridine rings is 1. The Kier molecular flexibility index (Phi) is 4.71. The van der Waals surface area contributed by atoms with Gasteiger partial charge in [0.2, 0.25) is 5.91 Å². The lowest BCUT2D eigenvalue weighted by Crippen LogP contribution is -2.68. The summed E-state index contributed by atoms with van der Waals surface area (Å²) < 4.78 is 20.1. The van der Waals surface area contributed by atoms with Gasteiger partial charge < -0.3 is 9.64 Å². The van der Waals surface area contributed by atoms with Crippen molar-refractivity contribution < 1.29 is 13.9 Å². The molecular formula is C18H25FN4O2. The zero-order valence-electron chi connectivity index (χ0n) is 14.5. The molecule has 1 aromatic heterocycles. The first-order chi connectivity index (χ1) is 12.1. The number of hydrogen-bond acceptors (Lipinski definition) is 5. The fraction of sp³-hybridized carbons (Fsp3) is 0.667. The number of halogens is 1. The first kappa shape index (κ1) is 16.9. The molecule has 4 atom stereocenters. The summed E-state index contributed by atoms with van der Waals surface area (Å²) in [6.07, 6.45) is 7.60. The minimum absolute atomic E-state index is 0.0313. The van der Waals surface area contributed by atoms with Gasteiger partial charge in [0.05, 0.1) is 18.9 Å². The Morgan fingerprint density at radius 2 is 2.20 bits per heavy atom. The van der Waals surface area contributed by atoms with Crippen LogP contribution in [0.25, 0.3) is 0 Å². The van der Waals surface area contributed by atoms with E-state index in [9.17, 15) is 9.18 Å². The van der Waals surface area contributed by atoms with Gasteiger partial charge in [-0.25, -0.2) is 4.39 Å². The van der Waals surface area contributed by atoms with E-state index in [2.05, 4.69) is 15.2 Å². The second-order valence-corrected chi connectivity index (χ2v) is 7.20. The predicted molar refractivity (Wildman–Crippen MR) is 89.9 cm³/mol. The van der Waals surface area contributed by atoms with E-state index in [1.54, 1.807) is 17.2 Å². The molecule has 1 aliphatic carbocycles. The maximum absolute atomic E-state index is 14.2. The molecule has 1 amide bonds. The van der Waals surface area contributed by atoms with Gasteiger partial charge >= 0.3 is 0 Å². The summed E-state index contributed by atoms with van der Waals surface area (Å²) in [7, 11) is 1.83. The molecule has 0 spiro atoms. The van der Waals surface area contributed by atoms with Crippen molar-refractivity contribution in [3.8, 4) is 0 Å². The number of nitrogens with zero attached hydrogens (tertiary/aromatic N) is 3. The Labute approximate surface area is 147 Å². The molecular weight excluding hydrogens is 323 g/mol. The largest absolute Gasteiger partial charge is 0.375 e. The Bertz CT molecular complexity index is 641. The van der Waals surface area contributed by atoms with Crippen LogP contribution < -0.4 is 5.32 Å². The molecule has 3 fully saturated rings. The van der Waals surface area contributed by atoms with Crippen LogP contribution in [-0.2, 0) is 9.53 Å². The van der Waals surface area contributed by atoms with Gasteiger partial charge in [0.15, 0.2) is 0 Å². The van der Waals surface area contributed by atoms with E-state index in [4.69, 9.17) is 4.74 Å². The van der Waals surface area contributed by atoms with E-state index in [0.29, 0.717) is 18.2 Å². The van der Waals surface area contributed by atoms with Gasteiger partial charge in [0.25, 0.3) is 0 Å². The monoisotopic (exact) mass is 348 g/mol. The molecule has 0 bridgehead atoms. The summed E-state index contributed by atoms with van der Waals surface area (Å²) in [6, 6.07) is 1.64. The maximum Gasteiger partial charge on any atom is 0.226 e. The van der Waals surface area contributed by atoms with E-state index >= 15 is 0 Å². The lowest BCUT2D eigenvalue weighted by atomic mass is 9.90. The van der Waals surface area contributed by atoms with E-state index in [0.717, 1.165) is 19.4 Å². The summed E-state index contributed by atoms with van der Waals surface area (Å²) in [5.41, 5.74) is 0.509. The smallest absolute Gasteiger partial charge is 0.226 e. The third-order valence-corrected chi connectivity index (χ3v) is 5.76. The number of amides is 1. The minimum Gasteiger partial charge on any atom is -0.375 e. The molecule has 1 N–H and O–H groups in total. The lowest BCUT2D eigenvalue weighted by molar-refractivity contribution is -0.162. The summed E-state index contributed by atoms with van der Waals surface area (Å²) in [5.74, 6) is -0.336. The van der Waals surface area contributed by atoms with Crippen LogP contribution in [0, 0.1) is 5.82 Å². The molecule has 2 unspecified atom stereocenters. The SMILES string of the molecule is CN1C(=O)CC(c2ccncc2F)NC1N1CCO[C@@H]2CCCC[C@H]21. The normalized spacial score (nSPS) is 34.0. The predicted octanol–water partition coefficient (Wildman–Crippen LogP) is 1.64. The molecule has 136 valence electrons. The van der Waals surface area contributed by atoms with Crippen molar-refractivity contribution in [2.75, 3.05) is 20.2 Å². The molecule has 1 saturated carbocycles. The summed E-state index contributed by atoms with van der Waals surface area (Å²) in [4.78, 5) is 20.5. The van der Waals surface area contributed by atoms with Crippen molar-refractivity contribution in [1.29, 1.82) is 0 Å². The molecule has 7 heteroatoms. The van der Waals surface area contributed by atoms with E-state index in [-0.39, 0.29) is 36.6 Å². The number of carbonyl (C=O) groups is 1. The number of ether oxygens (including phenoxy) is 1. The Balaban J connectivity index is 1.59. The zero-order chi connectivity index (χ0) is 17.4. The van der Waals surface area contributed by atoms with Crippen LogP contribution in [0.1, 0.15) is 43.7 Å². The fourth-order valence-electron chi connectivity index (χ4n) is 4.42. The molecule has 0 radical (unpaired) electrons. The van der Waals surface area contributed by atoms with Crippen LogP contribution in [0.15, 0.2) is 18.5 Å². The molecule has 2 aliphatic heterocycles. The third kappa shape index (κ3) is 3.16. The molecule has 25 heavy (non-hydrogen) atoms. The van der Waals surface area contributed by atoms with Gasteiger partial charge in [0, 0.05) is 43.9 Å². The quantitative estimate of drug-likeness (QED) is 0.881. The highest BCUT2D eigenvalue weighted by Gasteiger charge is 2.43. The number of aromatic nitrogens is 1.